The third-order valence-corrected chi connectivity index (χ3v) is 5.05. The van der Waals surface area contributed by atoms with Crippen molar-refractivity contribution in [1.29, 1.82) is 0 Å². The van der Waals surface area contributed by atoms with Crippen LogP contribution in [0.1, 0.15) is 62.4 Å². The second-order valence-corrected chi connectivity index (χ2v) is 7.06. The lowest BCUT2D eigenvalue weighted by atomic mass is 9.78. The molecule has 6 heteroatoms. The highest BCUT2D eigenvalue weighted by molar-refractivity contribution is 5.95. The second kappa shape index (κ2) is 7.40. The molecule has 0 aliphatic heterocycles. The molecule has 0 saturated heterocycles. The van der Waals surface area contributed by atoms with Gasteiger partial charge in [0.15, 0.2) is 17.0 Å². The smallest absolute Gasteiger partial charge is 0.217 e. The van der Waals surface area contributed by atoms with Gasteiger partial charge in [-0.1, -0.05) is 19.3 Å². The van der Waals surface area contributed by atoms with E-state index in [0.29, 0.717) is 6.42 Å². The Kier molecular flexibility index (Phi) is 5.20. The number of amides is 1. The predicted octanol–water partition coefficient (Wildman–Crippen LogP) is 3.73. The number of hydrogen-bond acceptors (Lipinski definition) is 4. The van der Waals surface area contributed by atoms with E-state index in [1.807, 2.05) is 0 Å². The Balaban J connectivity index is 1.79. The van der Waals surface area contributed by atoms with E-state index in [1.165, 1.54) is 19.1 Å². The highest BCUT2D eigenvalue weighted by Crippen LogP contribution is 2.32. The summed E-state index contributed by atoms with van der Waals surface area (Å²) in [7, 11) is 0. The second-order valence-electron chi connectivity index (χ2n) is 7.06. The number of halogens is 1. The standard InChI is InChI=1S/C20H22FNO4/c1-13(23)22-20(8-3-2-4-9-20)10-7-16(24)19-12-17(25)15-11-14(21)5-6-18(15)26-19/h5-6,11-12H,2-4,7-10H2,1H3,(H,22,23). The summed E-state index contributed by atoms with van der Waals surface area (Å²) in [5.74, 6) is -0.941. The molecule has 0 unspecified atom stereocenters. The van der Waals surface area contributed by atoms with Crippen LogP contribution in [0, 0.1) is 5.82 Å². The lowest BCUT2D eigenvalue weighted by Gasteiger charge is -2.38. The van der Waals surface area contributed by atoms with Crippen LogP contribution in [0.5, 0.6) is 0 Å². The van der Waals surface area contributed by atoms with Gasteiger partial charge in [-0.2, -0.15) is 0 Å². The Morgan fingerprint density at radius 1 is 1.19 bits per heavy atom. The number of fused-ring (bicyclic) bond motifs is 1. The number of nitrogens with one attached hydrogen (secondary N) is 1. The molecule has 26 heavy (non-hydrogen) atoms. The van der Waals surface area contributed by atoms with Crippen molar-refractivity contribution in [3.8, 4) is 0 Å². The topological polar surface area (TPSA) is 76.4 Å². The van der Waals surface area contributed by atoms with Crippen LogP contribution in [0.15, 0.2) is 33.5 Å². The van der Waals surface area contributed by atoms with Crippen molar-refractivity contribution < 1.29 is 18.4 Å². The normalized spacial score (nSPS) is 16.4. The zero-order chi connectivity index (χ0) is 18.7. The minimum absolute atomic E-state index is 0.0251. The highest BCUT2D eigenvalue weighted by atomic mass is 19.1. The maximum atomic E-state index is 13.3. The van der Waals surface area contributed by atoms with Gasteiger partial charge in [0.05, 0.1) is 5.39 Å². The molecule has 1 heterocycles. The van der Waals surface area contributed by atoms with Crippen molar-refractivity contribution in [2.24, 2.45) is 0 Å². The maximum Gasteiger partial charge on any atom is 0.217 e. The number of rotatable bonds is 5. The molecule has 5 nitrogen and oxygen atoms in total. The molecular formula is C20H22FNO4. The SMILES string of the molecule is CC(=O)NC1(CCC(=O)c2cc(=O)c3cc(F)ccc3o2)CCCCC1. The summed E-state index contributed by atoms with van der Waals surface area (Å²) in [5.41, 5.74) is -0.611. The zero-order valence-electron chi connectivity index (χ0n) is 14.8. The fourth-order valence-electron chi connectivity index (χ4n) is 3.78. The molecule has 0 radical (unpaired) electrons. The van der Waals surface area contributed by atoms with Gasteiger partial charge in [0.1, 0.15) is 11.4 Å². The molecule has 1 aliphatic rings. The monoisotopic (exact) mass is 359 g/mol. The van der Waals surface area contributed by atoms with Gasteiger partial charge in [-0.15, -0.1) is 0 Å². The largest absolute Gasteiger partial charge is 0.453 e. The lowest BCUT2D eigenvalue weighted by molar-refractivity contribution is -0.121. The van der Waals surface area contributed by atoms with E-state index in [0.717, 1.165) is 44.2 Å². The van der Waals surface area contributed by atoms with Crippen molar-refractivity contribution in [2.75, 3.05) is 0 Å². The molecular weight excluding hydrogens is 337 g/mol. The number of carbonyl (C=O) groups excluding carboxylic acids is 2. The Labute approximate surface area is 150 Å². The Morgan fingerprint density at radius 2 is 1.92 bits per heavy atom. The summed E-state index contributed by atoms with van der Waals surface area (Å²) in [6.45, 7) is 1.49. The molecule has 138 valence electrons. The van der Waals surface area contributed by atoms with E-state index in [2.05, 4.69) is 5.32 Å². The molecule has 3 rings (SSSR count). The fraction of sp³-hybridized carbons (Fsp3) is 0.450. The van der Waals surface area contributed by atoms with E-state index in [1.54, 1.807) is 0 Å². The minimum atomic E-state index is -0.529. The van der Waals surface area contributed by atoms with Crippen molar-refractivity contribution in [3.63, 3.8) is 0 Å². The molecule has 0 bridgehead atoms. The molecule has 1 aromatic carbocycles. The van der Waals surface area contributed by atoms with Crippen molar-refractivity contribution >= 4 is 22.7 Å². The van der Waals surface area contributed by atoms with Gasteiger partial charge < -0.3 is 9.73 Å². The van der Waals surface area contributed by atoms with Gasteiger partial charge in [-0.3, -0.25) is 14.4 Å². The number of Topliss-reactive ketones (excluding diaryl/α,β-unsaturated/α-hetero) is 1. The van der Waals surface area contributed by atoms with E-state index in [4.69, 9.17) is 4.42 Å². The molecule has 1 aromatic heterocycles. The highest BCUT2D eigenvalue weighted by Gasteiger charge is 2.33. The fourth-order valence-corrected chi connectivity index (χ4v) is 3.78. The van der Waals surface area contributed by atoms with Crippen LogP contribution in [0.25, 0.3) is 11.0 Å². The zero-order valence-corrected chi connectivity index (χ0v) is 14.8. The lowest BCUT2D eigenvalue weighted by Crippen LogP contribution is -2.49. The summed E-state index contributed by atoms with van der Waals surface area (Å²) in [6.07, 6.45) is 5.55. The first kappa shape index (κ1) is 18.3. The van der Waals surface area contributed by atoms with Gasteiger partial charge in [0.25, 0.3) is 0 Å². The number of benzene rings is 1. The quantitative estimate of drug-likeness (QED) is 0.825. The molecule has 1 fully saturated rings. The predicted molar refractivity (Wildman–Crippen MR) is 95.6 cm³/mol. The number of carbonyl (C=O) groups is 2. The molecule has 2 aromatic rings. The van der Waals surface area contributed by atoms with Crippen LogP contribution in [-0.2, 0) is 4.79 Å². The maximum absolute atomic E-state index is 13.3. The van der Waals surface area contributed by atoms with Crippen LogP contribution in [0.2, 0.25) is 0 Å². The Hall–Kier alpha value is -2.50. The molecule has 1 N–H and O–H groups in total. The Bertz CT molecular complexity index is 896. The summed E-state index contributed by atoms with van der Waals surface area (Å²) in [5, 5.41) is 3.14. The Morgan fingerprint density at radius 3 is 2.62 bits per heavy atom. The number of ketones is 1. The van der Waals surface area contributed by atoms with Crippen LogP contribution in [-0.4, -0.2) is 17.2 Å². The first-order chi connectivity index (χ1) is 12.4. The van der Waals surface area contributed by atoms with Crippen LogP contribution in [0.4, 0.5) is 4.39 Å². The van der Waals surface area contributed by atoms with Gasteiger partial charge in [0, 0.05) is 24.9 Å². The molecule has 0 atom stereocenters. The van der Waals surface area contributed by atoms with Crippen molar-refractivity contribution in [3.05, 3.63) is 46.1 Å². The first-order valence-corrected chi connectivity index (χ1v) is 8.94. The van der Waals surface area contributed by atoms with E-state index < -0.39 is 11.2 Å². The summed E-state index contributed by atoms with van der Waals surface area (Å²) < 4.78 is 18.8. The summed E-state index contributed by atoms with van der Waals surface area (Å²) in [6, 6.07) is 4.76. The molecule has 1 saturated carbocycles. The summed E-state index contributed by atoms with van der Waals surface area (Å²) in [4.78, 5) is 36.3. The van der Waals surface area contributed by atoms with Crippen molar-refractivity contribution in [1.82, 2.24) is 5.32 Å². The van der Waals surface area contributed by atoms with Crippen LogP contribution < -0.4 is 10.7 Å². The molecule has 1 aliphatic carbocycles. The summed E-state index contributed by atoms with van der Waals surface area (Å²) >= 11 is 0. The van der Waals surface area contributed by atoms with Gasteiger partial charge in [-0.05, 0) is 37.5 Å². The van der Waals surface area contributed by atoms with Gasteiger partial charge in [0.2, 0.25) is 5.91 Å². The molecule has 1 amide bonds. The van der Waals surface area contributed by atoms with Gasteiger partial charge >= 0.3 is 0 Å². The first-order valence-electron chi connectivity index (χ1n) is 8.94. The number of hydrogen-bond donors (Lipinski definition) is 1. The van der Waals surface area contributed by atoms with E-state index >= 15 is 0 Å². The molecule has 0 spiro atoms. The average molecular weight is 359 g/mol. The third kappa shape index (κ3) is 4.00. The average Bonchev–Trinajstić information content (AvgIpc) is 2.60. The van der Waals surface area contributed by atoms with Crippen molar-refractivity contribution in [2.45, 2.75) is 57.4 Å². The minimum Gasteiger partial charge on any atom is -0.453 e. The third-order valence-electron chi connectivity index (χ3n) is 5.05. The van der Waals surface area contributed by atoms with Crippen LogP contribution >= 0.6 is 0 Å². The van der Waals surface area contributed by atoms with Crippen LogP contribution in [0.3, 0.4) is 0 Å². The van der Waals surface area contributed by atoms with Gasteiger partial charge in [-0.25, -0.2) is 4.39 Å². The van der Waals surface area contributed by atoms with E-state index in [-0.39, 0.29) is 40.4 Å². The van der Waals surface area contributed by atoms with E-state index in [9.17, 15) is 18.8 Å².